The second-order valence-electron chi connectivity index (χ2n) is 12.7. The van der Waals surface area contributed by atoms with Crippen LogP contribution in [0.1, 0.15) is 62.7 Å². The number of nitriles is 1. The number of carbonyl (C=O) groups excluding carboxylic acids is 2. The third kappa shape index (κ3) is 17.4. The fourth-order valence-corrected chi connectivity index (χ4v) is 7.51. The number of hydrogen-bond donors (Lipinski definition) is 1. The maximum absolute atomic E-state index is 13.2. The summed E-state index contributed by atoms with van der Waals surface area (Å²) >= 11 is 0. The lowest BCUT2D eigenvalue weighted by atomic mass is 10.1. The minimum Gasteiger partial charge on any atom is -0.305 e. The van der Waals surface area contributed by atoms with Crippen LogP contribution in [0, 0.1) is 11.3 Å². The van der Waals surface area contributed by atoms with Crippen molar-refractivity contribution in [3.8, 4) is 6.07 Å². The highest BCUT2D eigenvalue weighted by atomic mass is 31.2. The molecule has 0 unspecified atom stereocenters. The number of rotatable bonds is 23. The lowest BCUT2D eigenvalue weighted by Crippen LogP contribution is -2.30. The first-order chi connectivity index (χ1) is 29.7. The van der Waals surface area contributed by atoms with Crippen LogP contribution in [0.25, 0.3) is 0 Å². The number of fused-ring (bicyclic) bond motifs is 1. The second kappa shape index (κ2) is 26.9. The summed E-state index contributed by atoms with van der Waals surface area (Å²) in [5, 5.41) is 8.06. The number of hydroxylamine groups is 2. The average molecular weight is 874 g/mol. The van der Waals surface area contributed by atoms with Crippen LogP contribution in [0.3, 0.4) is 0 Å². The number of phosphoric acid groups is 2. The Morgan fingerprint density at radius 1 is 0.492 bits per heavy atom. The standard InChI is InChI=1S/C25H24NO7P.C17H22NO5P.C2H3N/c27-24-22-14-7-8-15-23(22)25(28)26(24)30-16-9-17-31-34(29,32-18-20-10-3-1-4-11-20)33-19-21-12-5-2-6-13-21;18-20-12-7-13-21-24(19,22-14-16-8-3-1-4-9-16)23-15-17-10-5-2-6-11-17;1-2-3/h1-8,10-15H,9,16-19H2;1-6,8-11H,7,12-15,18H2;1H3. The van der Waals surface area contributed by atoms with Gasteiger partial charge in [-0.15, -0.1) is 5.06 Å². The van der Waals surface area contributed by atoms with Crippen LogP contribution in [0.15, 0.2) is 146 Å². The van der Waals surface area contributed by atoms with Crippen molar-refractivity contribution in [1.29, 1.82) is 5.26 Å². The van der Waals surface area contributed by atoms with Crippen LogP contribution in [0.2, 0.25) is 0 Å². The zero-order valence-corrected chi connectivity index (χ0v) is 35.5. The zero-order valence-electron chi connectivity index (χ0n) is 33.7. The maximum atomic E-state index is 13.2. The molecule has 0 aliphatic carbocycles. The molecule has 1 aliphatic heterocycles. The summed E-state index contributed by atoms with van der Waals surface area (Å²) < 4.78 is 58.8. The molecule has 2 amide bonds. The number of phosphoric ester groups is 2. The smallest absolute Gasteiger partial charge is 0.305 e. The summed E-state index contributed by atoms with van der Waals surface area (Å²) in [6.45, 7) is 2.26. The number of carbonyl (C=O) groups is 2. The summed E-state index contributed by atoms with van der Waals surface area (Å²) in [4.78, 5) is 34.5. The van der Waals surface area contributed by atoms with E-state index in [-0.39, 0.29) is 52.7 Å². The Labute approximate surface area is 356 Å². The van der Waals surface area contributed by atoms with Gasteiger partial charge >= 0.3 is 15.6 Å². The number of imide groups is 1. The SMILES string of the molecule is CC#N.NOCCCOP(=O)(OCc1ccccc1)OCc1ccccc1.O=C1c2ccccc2C(=O)N1OCCCOP(=O)(OCc1ccccc1)OCc1ccccc1. The fraction of sp³-hybridized carbons (Fsp3) is 0.250. The fourth-order valence-electron chi connectivity index (χ4n) is 5.13. The lowest BCUT2D eigenvalue weighted by Gasteiger charge is -2.19. The molecule has 1 aliphatic rings. The Bertz CT molecular complexity index is 2050. The quantitative estimate of drug-likeness (QED) is 0.0282. The predicted octanol–water partition coefficient (Wildman–Crippen LogP) is 9.52. The van der Waals surface area contributed by atoms with Crippen LogP contribution in [-0.4, -0.2) is 43.3 Å². The van der Waals surface area contributed by atoms with Crippen LogP contribution < -0.4 is 5.90 Å². The number of hydrogen-bond acceptors (Lipinski definition) is 14. The van der Waals surface area contributed by atoms with Gasteiger partial charge in [-0.25, -0.2) is 15.0 Å². The molecule has 1 heterocycles. The van der Waals surface area contributed by atoms with Crippen molar-refractivity contribution in [2.45, 2.75) is 46.2 Å². The molecule has 0 saturated carbocycles. The Hall–Kier alpha value is -5.17. The molecule has 61 heavy (non-hydrogen) atoms. The van der Waals surface area contributed by atoms with E-state index in [9.17, 15) is 18.7 Å². The molecule has 0 saturated heterocycles. The Balaban J connectivity index is 0.000000266. The normalized spacial score (nSPS) is 12.1. The van der Waals surface area contributed by atoms with Gasteiger partial charge < -0.3 is 4.84 Å². The molecule has 15 nitrogen and oxygen atoms in total. The van der Waals surface area contributed by atoms with Gasteiger partial charge in [0.1, 0.15) is 0 Å². The molecule has 0 spiro atoms. The second-order valence-corrected chi connectivity index (χ2v) is 16.0. The van der Waals surface area contributed by atoms with E-state index in [0.29, 0.717) is 24.2 Å². The topological polar surface area (TPSA) is 195 Å². The third-order valence-electron chi connectivity index (χ3n) is 8.10. The summed E-state index contributed by atoms with van der Waals surface area (Å²) in [5.41, 5.74) is 4.02. The van der Waals surface area contributed by atoms with Gasteiger partial charge in [0.15, 0.2) is 0 Å². The maximum Gasteiger partial charge on any atom is 0.475 e. The van der Waals surface area contributed by atoms with Gasteiger partial charge in [-0.05, 0) is 47.2 Å². The molecule has 2 N–H and O–H groups in total. The minimum absolute atomic E-state index is 0.00282. The lowest BCUT2D eigenvalue weighted by molar-refractivity contribution is -0.0941. The molecule has 0 fully saturated rings. The molecule has 17 heteroatoms. The summed E-state index contributed by atoms with van der Waals surface area (Å²) in [6, 6.07) is 45.7. The first-order valence-electron chi connectivity index (χ1n) is 19.2. The van der Waals surface area contributed by atoms with Crippen molar-refractivity contribution in [2.75, 3.05) is 26.4 Å². The van der Waals surface area contributed by atoms with Crippen molar-refractivity contribution in [3.05, 3.63) is 179 Å². The molecule has 0 aromatic heterocycles. The van der Waals surface area contributed by atoms with E-state index >= 15 is 0 Å². The van der Waals surface area contributed by atoms with Gasteiger partial charge in [0, 0.05) is 6.92 Å². The first-order valence-corrected chi connectivity index (χ1v) is 22.1. The molecule has 322 valence electrons. The van der Waals surface area contributed by atoms with Crippen molar-refractivity contribution in [2.24, 2.45) is 5.90 Å². The van der Waals surface area contributed by atoms with Crippen molar-refractivity contribution >= 4 is 27.5 Å². The van der Waals surface area contributed by atoms with E-state index in [2.05, 4.69) is 4.84 Å². The van der Waals surface area contributed by atoms with Gasteiger partial charge in [0.25, 0.3) is 11.8 Å². The third-order valence-corrected chi connectivity index (χ3v) is 10.9. The number of nitrogens with zero attached hydrogens (tertiary/aromatic N) is 2. The van der Waals surface area contributed by atoms with E-state index in [4.69, 9.17) is 43.1 Å². The van der Waals surface area contributed by atoms with Crippen molar-refractivity contribution < 1.29 is 55.5 Å². The number of nitrogens with two attached hydrogens (primary N) is 1. The highest BCUT2D eigenvalue weighted by molar-refractivity contribution is 7.48. The van der Waals surface area contributed by atoms with E-state index in [1.165, 1.54) is 6.92 Å². The van der Waals surface area contributed by atoms with Crippen molar-refractivity contribution in [3.63, 3.8) is 0 Å². The molecule has 0 radical (unpaired) electrons. The van der Waals surface area contributed by atoms with Crippen LogP contribution in [-0.2, 0) is 72.4 Å². The molecular formula is C44H49N3O12P2. The molecule has 5 aromatic carbocycles. The van der Waals surface area contributed by atoms with Gasteiger partial charge in [0.05, 0.1) is 70.1 Å². The molecule has 0 bridgehead atoms. The van der Waals surface area contributed by atoms with E-state index < -0.39 is 27.5 Å². The predicted molar refractivity (Wildman–Crippen MR) is 226 cm³/mol. The minimum atomic E-state index is -3.89. The largest absolute Gasteiger partial charge is 0.475 e. The summed E-state index contributed by atoms with van der Waals surface area (Å²) in [5.74, 6) is 3.94. The summed E-state index contributed by atoms with van der Waals surface area (Å²) in [7, 11) is -7.58. The zero-order chi connectivity index (χ0) is 43.6. The van der Waals surface area contributed by atoms with Gasteiger partial charge in [-0.1, -0.05) is 133 Å². The summed E-state index contributed by atoms with van der Waals surface area (Å²) in [6.07, 6.45) is 0.741. The highest BCUT2D eigenvalue weighted by Gasteiger charge is 2.36. The Kier molecular flexibility index (Phi) is 21.4. The van der Waals surface area contributed by atoms with Gasteiger partial charge in [0.2, 0.25) is 0 Å². The molecule has 0 atom stereocenters. The first kappa shape index (κ1) is 48.5. The van der Waals surface area contributed by atoms with E-state index in [0.717, 1.165) is 27.3 Å². The highest BCUT2D eigenvalue weighted by Crippen LogP contribution is 2.52. The van der Waals surface area contributed by atoms with E-state index in [1.54, 1.807) is 30.3 Å². The van der Waals surface area contributed by atoms with Crippen LogP contribution in [0.4, 0.5) is 0 Å². The van der Waals surface area contributed by atoms with E-state index in [1.807, 2.05) is 121 Å². The average Bonchev–Trinajstić information content (AvgIpc) is 3.54. The Morgan fingerprint density at radius 2 is 0.787 bits per heavy atom. The van der Waals surface area contributed by atoms with Gasteiger partial charge in [-0.3, -0.25) is 41.6 Å². The van der Waals surface area contributed by atoms with Crippen LogP contribution >= 0.6 is 15.6 Å². The number of benzene rings is 5. The van der Waals surface area contributed by atoms with Gasteiger partial charge in [-0.2, -0.15) is 5.26 Å². The van der Waals surface area contributed by atoms with Crippen molar-refractivity contribution in [1.82, 2.24) is 5.06 Å². The van der Waals surface area contributed by atoms with Crippen LogP contribution in [0.5, 0.6) is 0 Å². The molecule has 6 rings (SSSR count). The Morgan fingerprint density at radius 3 is 1.10 bits per heavy atom. The number of amides is 2. The molecular weight excluding hydrogens is 824 g/mol. The monoisotopic (exact) mass is 873 g/mol. The molecule has 5 aromatic rings.